The maximum Gasteiger partial charge on any atom is 0.322 e. The Morgan fingerprint density at radius 1 is 1.26 bits per heavy atom. The summed E-state index contributed by atoms with van der Waals surface area (Å²) in [6.45, 7) is 6.17. The van der Waals surface area contributed by atoms with E-state index in [1.54, 1.807) is 36.1 Å². The maximum atomic E-state index is 13.3. The number of carbonyl (C=O) groups is 3. The molecule has 1 saturated carbocycles. The predicted molar refractivity (Wildman–Crippen MR) is 132 cm³/mol. The van der Waals surface area contributed by atoms with Crippen LogP contribution in [0.5, 0.6) is 0 Å². The van der Waals surface area contributed by atoms with Gasteiger partial charge in [0.2, 0.25) is 5.91 Å². The highest BCUT2D eigenvalue weighted by atomic mass is 35.5. The van der Waals surface area contributed by atoms with Crippen LogP contribution in [-0.4, -0.2) is 95.2 Å². The van der Waals surface area contributed by atoms with Gasteiger partial charge < -0.3 is 29.9 Å². The van der Waals surface area contributed by atoms with Crippen molar-refractivity contribution in [3.63, 3.8) is 0 Å². The van der Waals surface area contributed by atoms with Gasteiger partial charge in [0.15, 0.2) is 0 Å². The van der Waals surface area contributed by atoms with Crippen molar-refractivity contribution in [1.29, 1.82) is 0 Å². The lowest BCUT2D eigenvalue weighted by Crippen LogP contribution is -2.61. The van der Waals surface area contributed by atoms with Gasteiger partial charge in [0.05, 0.1) is 12.1 Å². The first kappa shape index (κ1) is 25.7. The first-order chi connectivity index (χ1) is 16.7. The van der Waals surface area contributed by atoms with Gasteiger partial charge in [-0.05, 0) is 62.8 Å². The average Bonchev–Trinajstić information content (AvgIpc) is 3.59. The smallest absolute Gasteiger partial charge is 0.322 e. The average molecular weight is 507 g/mol. The number of nitrogens with one attached hydrogen (secondary N) is 1. The van der Waals surface area contributed by atoms with Crippen molar-refractivity contribution in [2.75, 3.05) is 44.6 Å². The minimum Gasteiger partial charge on any atom is -0.464 e. The number of carbonyl (C=O) groups excluding carboxylic acids is 3. The number of esters is 1. The number of piperidine rings is 1. The first-order valence-electron chi connectivity index (χ1n) is 12.4. The zero-order chi connectivity index (χ0) is 25.2. The van der Waals surface area contributed by atoms with E-state index in [0.717, 1.165) is 25.8 Å². The Balaban J connectivity index is 1.36. The second-order valence-corrected chi connectivity index (χ2v) is 10.5. The number of ether oxygens (including phenoxy) is 1. The second kappa shape index (κ2) is 10.7. The highest BCUT2D eigenvalue weighted by Gasteiger charge is 2.51. The van der Waals surface area contributed by atoms with Crippen LogP contribution in [0.15, 0.2) is 24.3 Å². The molecule has 1 spiro atoms. The number of piperazine rings is 1. The minimum absolute atomic E-state index is 0.114. The van der Waals surface area contributed by atoms with Crippen LogP contribution in [0.4, 0.5) is 10.5 Å². The quantitative estimate of drug-likeness (QED) is 0.551. The Labute approximate surface area is 211 Å². The molecule has 10 heteroatoms. The molecular formula is C25H35ClN4O5. The number of halogens is 1. The van der Waals surface area contributed by atoms with E-state index in [4.69, 9.17) is 16.3 Å². The molecule has 2 aliphatic heterocycles. The monoisotopic (exact) mass is 506 g/mol. The first-order valence-corrected chi connectivity index (χ1v) is 12.7. The molecule has 3 atom stereocenters. The summed E-state index contributed by atoms with van der Waals surface area (Å²) < 4.78 is 5.30. The molecule has 0 unspecified atom stereocenters. The lowest BCUT2D eigenvalue weighted by Gasteiger charge is -2.43. The summed E-state index contributed by atoms with van der Waals surface area (Å²) in [6.07, 6.45) is 3.54. The number of β-amino-alcohol motifs (C(OH)–C–C–N with tert-alkyl or cyclic N) is 1. The van der Waals surface area contributed by atoms with Gasteiger partial charge >= 0.3 is 12.0 Å². The van der Waals surface area contributed by atoms with E-state index in [1.807, 2.05) is 0 Å². The molecule has 1 aliphatic carbocycles. The normalized spacial score (nSPS) is 24.9. The van der Waals surface area contributed by atoms with E-state index >= 15 is 0 Å². The summed E-state index contributed by atoms with van der Waals surface area (Å²) in [5.41, 5.74) is 0.704. The number of hydrogen-bond donors (Lipinski definition) is 2. The van der Waals surface area contributed by atoms with Gasteiger partial charge in [0.1, 0.15) is 12.6 Å². The SMILES string of the molecule is CC(=O)OC[C@H](CCN1CCC2(CC2)[C@H](O)C1)N1CCN(C(=O)Nc2cccc(Cl)c2)[C@@H](C)C1=O. The Hall–Kier alpha value is -2.36. The predicted octanol–water partition coefficient (Wildman–Crippen LogP) is 2.57. The fourth-order valence-corrected chi connectivity index (χ4v) is 5.38. The van der Waals surface area contributed by atoms with Crippen LogP contribution in [0.1, 0.15) is 39.5 Å². The van der Waals surface area contributed by atoms with Crippen LogP contribution in [0.2, 0.25) is 5.02 Å². The number of likely N-dealkylation sites (tertiary alicyclic amines) is 1. The lowest BCUT2D eigenvalue weighted by molar-refractivity contribution is -0.150. The van der Waals surface area contributed by atoms with Crippen molar-refractivity contribution >= 4 is 35.2 Å². The molecule has 2 N–H and O–H groups in total. The van der Waals surface area contributed by atoms with Crippen LogP contribution in [0.3, 0.4) is 0 Å². The number of urea groups is 1. The molecule has 0 radical (unpaired) electrons. The van der Waals surface area contributed by atoms with Gasteiger partial charge in [0, 0.05) is 43.8 Å². The third kappa shape index (κ3) is 6.08. The van der Waals surface area contributed by atoms with E-state index in [1.165, 1.54) is 11.8 Å². The number of anilines is 1. The largest absolute Gasteiger partial charge is 0.464 e. The third-order valence-electron chi connectivity index (χ3n) is 7.68. The number of aliphatic hydroxyl groups excluding tert-OH is 1. The van der Waals surface area contributed by atoms with Gasteiger partial charge in [-0.25, -0.2) is 4.79 Å². The van der Waals surface area contributed by atoms with E-state index in [2.05, 4.69) is 10.2 Å². The topological polar surface area (TPSA) is 102 Å². The molecule has 4 rings (SSSR count). The maximum absolute atomic E-state index is 13.3. The zero-order valence-electron chi connectivity index (χ0n) is 20.4. The van der Waals surface area contributed by atoms with Crippen LogP contribution in [0.25, 0.3) is 0 Å². The summed E-state index contributed by atoms with van der Waals surface area (Å²) in [6, 6.07) is 5.55. The fourth-order valence-electron chi connectivity index (χ4n) is 5.19. The summed E-state index contributed by atoms with van der Waals surface area (Å²) in [5, 5.41) is 13.8. The van der Waals surface area contributed by atoms with Crippen LogP contribution >= 0.6 is 11.6 Å². The summed E-state index contributed by atoms with van der Waals surface area (Å²) in [7, 11) is 0. The second-order valence-electron chi connectivity index (χ2n) is 10.0. The van der Waals surface area contributed by atoms with Crippen molar-refractivity contribution in [2.24, 2.45) is 5.41 Å². The number of amides is 3. The van der Waals surface area contributed by atoms with Crippen LogP contribution in [0, 0.1) is 5.41 Å². The Morgan fingerprint density at radius 3 is 2.69 bits per heavy atom. The van der Waals surface area contributed by atoms with E-state index in [0.29, 0.717) is 43.3 Å². The fraction of sp³-hybridized carbons (Fsp3) is 0.640. The number of rotatable bonds is 7. The van der Waals surface area contributed by atoms with E-state index in [9.17, 15) is 19.5 Å². The molecule has 3 amide bonds. The van der Waals surface area contributed by atoms with Crippen molar-refractivity contribution in [1.82, 2.24) is 14.7 Å². The van der Waals surface area contributed by atoms with Gasteiger partial charge in [0.25, 0.3) is 0 Å². The zero-order valence-corrected chi connectivity index (χ0v) is 21.2. The molecule has 2 saturated heterocycles. The van der Waals surface area contributed by atoms with Crippen molar-refractivity contribution in [3.8, 4) is 0 Å². The molecule has 0 bridgehead atoms. The third-order valence-corrected chi connectivity index (χ3v) is 7.92. The molecule has 192 valence electrons. The molecule has 1 aromatic rings. The Morgan fingerprint density at radius 2 is 2.03 bits per heavy atom. The number of hydrogen-bond acceptors (Lipinski definition) is 6. The van der Waals surface area contributed by atoms with Crippen LogP contribution < -0.4 is 5.32 Å². The number of benzene rings is 1. The van der Waals surface area contributed by atoms with Crippen molar-refractivity contribution in [3.05, 3.63) is 29.3 Å². The molecule has 2 heterocycles. The summed E-state index contributed by atoms with van der Waals surface area (Å²) in [5.74, 6) is -0.565. The molecule has 1 aromatic carbocycles. The standard InChI is InChI=1S/C25H35ClN4O5/c1-17-23(33)30(13-12-29(17)24(34)27-20-5-3-4-19(26)14-20)21(16-35-18(2)31)6-10-28-11-9-25(7-8-25)22(32)15-28/h3-5,14,17,21-22,32H,6-13,15-16H2,1-2H3,(H,27,34)/t17-,21-,22+/m0/s1. The van der Waals surface area contributed by atoms with E-state index in [-0.39, 0.29) is 42.1 Å². The molecular weight excluding hydrogens is 472 g/mol. The molecule has 3 aliphatic rings. The summed E-state index contributed by atoms with van der Waals surface area (Å²) >= 11 is 6.00. The lowest BCUT2D eigenvalue weighted by atomic mass is 9.90. The van der Waals surface area contributed by atoms with Gasteiger partial charge in [-0.3, -0.25) is 9.59 Å². The van der Waals surface area contributed by atoms with Gasteiger partial charge in [-0.1, -0.05) is 17.7 Å². The minimum atomic E-state index is -0.658. The van der Waals surface area contributed by atoms with Crippen LogP contribution in [-0.2, 0) is 14.3 Å². The number of nitrogens with zero attached hydrogens (tertiary/aromatic N) is 3. The Bertz CT molecular complexity index is 956. The molecule has 0 aromatic heterocycles. The molecule has 35 heavy (non-hydrogen) atoms. The van der Waals surface area contributed by atoms with Gasteiger partial charge in [-0.2, -0.15) is 0 Å². The number of aliphatic hydroxyl groups is 1. The van der Waals surface area contributed by atoms with Gasteiger partial charge in [-0.15, -0.1) is 0 Å². The highest BCUT2D eigenvalue weighted by Crippen LogP contribution is 2.53. The Kier molecular flexibility index (Phi) is 7.88. The van der Waals surface area contributed by atoms with Crippen molar-refractivity contribution in [2.45, 2.75) is 57.7 Å². The highest BCUT2D eigenvalue weighted by molar-refractivity contribution is 6.30. The molecule has 9 nitrogen and oxygen atoms in total. The van der Waals surface area contributed by atoms with E-state index < -0.39 is 6.04 Å². The molecule has 3 fully saturated rings. The van der Waals surface area contributed by atoms with Crippen molar-refractivity contribution < 1.29 is 24.2 Å². The summed E-state index contributed by atoms with van der Waals surface area (Å²) in [4.78, 5) is 43.2.